The second-order valence-electron chi connectivity index (χ2n) is 4.04. The number of rotatable bonds is 11. The molecule has 0 heterocycles. The van der Waals surface area contributed by atoms with E-state index in [1.54, 1.807) is 0 Å². The highest BCUT2D eigenvalue weighted by atomic mass is 32.2. The van der Waals surface area contributed by atoms with E-state index >= 15 is 0 Å². The summed E-state index contributed by atoms with van der Waals surface area (Å²) in [6.07, 6.45) is 7.61. The Morgan fingerprint density at radius 2 is 1.56 bits per heavy atom. The molecule has 16 heavy (non-hydrogen) atoms. The minimum absolute atomic E-state index is 0.166. The summed E-state index contributed by atoms with van der Waals surface area (Å²) in [6.45, 7) is 3.67. The Balaban J connectivity index is 3.16. The van der Waals surface area contributed by atoms with Crippen molar-refractivity contribution in [3.8, 4) is 0 Å². The van der Waals surface area contributed by atoms with Crippen LogP contribution in [0.25, 0.3) is 0 Å². The molecule has 4 nitrogen and oxygen atoms in total. The fourth-order valence-electron chi connectivity index (χ4n) is 1.46. The van der Waals surface area contributed by atoms with Gasteiger partial charge >= 0.3 is 0 Å². The smallest absolute Gasteiger partial charge is 0.212 e. The van der Waals surface area contributed by atoms with Crippen LogP contribution < -0.4 is 10.0 Å². The van der Waals surface area contributed by atoms with Gasteiger partial charge in [0.2, 0.25) is 10.0 Å². The molecular formula is C11H26N2O2S. The summed E-state index contributed by atoms with van der Waals surface area (Å²) < 4.78 is 24.4. The average molecular weight is 250 g/mol. The first-order valence-electron chi connectivity index (χ1n) is 6.24. The Hall–Kier alpha value is -0.130. The van der Waals surface area contributed by atoms with Crippen LogP contribution in [0, 0.1) is 0 Å². The number of sulfonamides is 1. The van der Waals surface area contributed by atoms with Crippen LogP contribution in [0.4, 0.5) is 0 Å². The highest BCUT2D eigenvalue weighted by molar-refractivity contribution is 7.89. The van der Waals surface area contributed by atoms with Crippen molar-refractivity contribution in [3.05, 3.63) is 0 Å². The van der Waals surface area contributed by atoms with E-state index in [0.717, 1.165) is 13.0 Å². The summed E-state index contributed by atoms with van der Waals surface area (Å²) in [6, 6.07) is 0. The van der Waals surface area contributed by atoms with Gasteiger partial charge in [-0.15, -0.1) is 0 Å². The summed E-state index contributed by atoms with van der Waals surface area (Å²) in [5.41, 5.74) is 0. The van der Waals surface area contributed by atoms with Crippen LogP contribution in [0.1, 0.15) is 45.4 Å². The Morgan fingerprint density at radius 1 is 0.938 bits per heavy atom. The normalized spacial score (nSPS) is 11.9. The SMILES string of the molecule is CCCCCCCCNCCS(=O)(=O)NC. The van der Waals surface area contributed by atoms with Crippen LogP contribution in [0.15, 0.2) is 0 Å². The summed E-state index contributed by atoms with van der Waals surface area (Å²) in [5.74, 6) is 0.166. The van der Waals surface area contributed by atoms with Gasteiger partial charge in [0.25, 0.3) is 0 Å². The van der Waals surface area contributed by atoms with Crippen LogP contribution >= 0.6 is 0 Å². The lowest BCUT2D eigenvalue weighted by atomic mass is 10.1. The number of unbranched alkanes of at least 4 members (excludes halogenated alkanes) is 5. The van der Waals surface area contributed by atoms with Gasteiger partial charge in [0, 0.05) is 6.54 Å². The zero-order valence-electron chi connectivity index (χ0n) is 10.6. The molecular weight excluding hydrogens is 224 g/mol. The largest absolute Gasteiger partial charge is 0.316 e. The summed E-state index contributed by atoms with van der Waals surface area (Å²) in [4.78, 5) is 0. The third-order valence-corrected chi connectivity index (χ3v) is 3.93. The molecule has 0 saturated carbocycles. The minimum Gasteiger partial charge on any atom is -0.316 e. The van der Waals surface area contributed by atoms with Gasteiger partial charge in [-0.2, -0.15) is 0 Å². The monoisotopic (exact) mass is 250 g/mol. The minimum atomic E-state index is -3.04. The molecule has 0 atom stereocenters. The van der Waals surface area contributed by atoms with Crippen molar-refractivity contribution in [2.24, 2.45) is 0 Å². The van der Waals surface area contributed by atoms with E-state index in [2.05, 4.69) is 17.0 Å². The molecule has 0 aromatic heterocycles. The highest BCUT2D eigenvalue weighted by Gasteiger charge is 2.04. The van der Waals surface area contributed by atoms with Gasteiger partial charge in [-0.3, -0.25) is 0 Å². The first kappa shape index (κ1) is 15.9. The van der Waals surface area contributed by atoms with Crippen molar-refractivity contribution >= 4 is 10.0 Å². The lowest BCUT2D eigenvalue weighted by Gasteiger charge is -2.05. The topological polar surface area (TPSA) is 58.2 Å². The predicted molar refractivity (Wildman–Crippen MR) is 69.1 cm³/mol. The molecule has 2 N–H and O–H groups in total. The van der Waals surface area contributed by atoms with E-state index < -0.39 is 10.0 Å². The first-order valence-corrected chi connectivity index (χ1v) is 7.89. The second kappa shape index (κ2) is 10.1. The van der Waals surface area contributed by atoms with Crippen LogP contribution in [0.5, 0.6) is 0 Å². The molecule has 0 fully saturated rings. The van der Waals surface area contributed by atoms with E-state index in [1.165, 1.54) is 39.2 Å². The van der Waals surface area contributed by atoms with Crippen LogP contribution in [-0.4, -0.2) is 34.3 Å². The first-order chi connectivity index (χ1) is 7.62. The quantitative estimate of drug-likeness (QED) is 0.546. The molecule has 0 saturated heterocycles. The van der Waals surface area contributed by atoms with Gasteiger partial charge in [0.05, 0.1) is 5.75 Å². The van der Waals surface area contributed by atoms with Crippen LogP contribution in [0.2, 0.25) is 0 Å². The van der Waals surface area contributed by atoms with Gasteiger partial charge < -0.3 is 5.32 Å². The van der Waals surface area contributed by atoms with Crippen molar-refractivity contribution in [3.63, 3.8) is 0 Å². The molecule has 98 valence electrons. The fraction of sp³-hybridized carbons (Fsp3) is 1.00. The lowest BCUT2D eigenvalue weighted by molar-refractivity contribution is 0.568. The molecule has 0 bridgehead atoms. The number of hydrogen-bond donors (Lipinski definition) is 2. The van der Waals surface area contributed by atoms with Crippen molar-refractivity contribution in [1.82, 2.24) is 10.0 Å². The van der Waals surface area contributed by atoms with E-state index in [1.807, 2.05) is 0 Å². The zero-order valence-corrected chi connectivity index (χ0v) is 11.4. The molecule has 0 aliphatic heterocycles. The third-order valence-electron chi connectivity index (χ3n) is 2.57. The molecule has 0 amide bonds. The maximum Gasteiger partial charge on any atom is 0.212 e. The van der Waals surface area contributed by atoms with Crippen LogP contribution in [-0.2, 0) is 10.0 Å². The summed E-state index contributed by atoms with van der Waals surface area (Å²) in [7, 11) is -1.59. The highest BCUT2D eigenvalue weighted by Crippen LogP contribution is 2.03. The van der Waals surface area contributed by atoms with Gasteiger partial charge in [-0.05, 0) is 20.0 Å². The summed E-state index contributed by atoms with van der Waals surface area (Å²) >= 11 is 0. The van der Waals surface area contributed by atoms with Gasteiger partial charge in [-0.25, -0.2) is 13.1 Å². The molecule has 0 aromatic carbocycles. The number of nitrogens with one attached hydrogen (secondary N) is 2. The van der Waals surface area contributed by atoms with Crippen molar-refractivity contribution in [1.29, 1.82) is 0 Å². The molecule has 0 radical (unpaired) electrons. The summed E-state index contributed by atoms with van der Waals surface area (Å²) in [5, 5.41) is 3.15. The van der Waals surface area contributed by atoms with E-state index in [-0.39, 0.29) is 5.75 Å². The van der Waals surface area contributed by atoms with Gasteiger partial charge in [-0.1, -0.05) is 39.0 Å². The Bertz CT molecular complexity index is 240. The molecule has 5 heteroatoms. The number of hydrogen-bond acceptors (Lipinski definition) is 3. The fourth-order valence-corrected chi connectivity index (χ4v) is 2.08. The maximum absolute atomic E-state index is 11.1. The van der Waals surface area contributed by atoms with E-state index in [0.29, 0.717) is 6.54 Å². The standard InChI is InChI=1S/C11H26N2O2S/c1-3-4-5-6-7-8-9-13-10-11-16(14,15)12-2/h12-13H,3-11H2,1-2H3. The van der Waals surface area contributed by atoms with Crippen molar-refractivity contribution in [2.45, 2.75) is 45.4 Å². The predicted octanol–water partition coefficient (Wildman–Crippen LogP) is 1.49. The molecule has 0 aliphatic carbocycles. The molecule has 0 unspecified atom stereocenters. The Labute approximate surface area is 100 Å². The molecule has 0 aromatic rings. The van der Waals surface area contributed by atoms with Crippen LogP contribution in [0.3, 0.4) is 0 Å². The van der Waals surface area contributed by atoms with Crippen molar-refractivity contribution in [2.75, 3.05) is 25.9 Å². The Kier molecular flexibility index (Phi) is 9.97. The molecule has 0 rings (SSSR count). The average Bonchev–Trinajstić information content (AvgIpc) is 2.27. The lowest BCUT2D eigenvalue weighted by Crippen LogP contribution is -2.30. The van der Waals surface area contributed by atoms with E-state index in [9.17, 15) is 8.42 Å². The van der Waals surface area contributed by atoms with Crippen molar-refractivity contribution < 1.29 is 8.42 Å². The third kappa shape index (κ3) is 10.4. The zero-order chi connectivity index (χ0) is 12.3. The van der Waals surface area contributed by atoms with Gasteiger partial charge in [0.15, 0.2) is 0 Å². The molecule has 0 aliphatic rings. The molecule has 0 spiro atoms. The van der Waals surface area contributed by atoms with Gasteiger partial charge in [0.1, 0.15) is 0 Å². The Morgan fingerprint density at radius 3 is 2.19 bits per heavy atom. The van der Waals surface area contributed by atoms with E-state index in [4.69, 9.17) is 0 Å². The second-order valence-corrected chi connectivity index (χ2v) is 6.09. The maximum atomic E-state index is 11.1.